The van der Waals surface area contributed by atoms with Crippen LogP contribution in [0.2, 0.25) is 0 Å². The molecule has 0 fully saturated rings. The van der Waals surface area contributed by atoms with Gasteiger partial charge in [-0.2, -0.15) is 0 Å². The second-order valence-electron chi connectivity index (χ2n) is 6.62. The molecule has 0 bridgehead atoms. The van der Waals surface area contributed by atoms with Gasteiger partial charge in [-0.3, -0.25) is 4.79 Å². The van der Waals surface area contributed by atoms with E-state index >= 15 is 0 Å². The van der Waals surface area contributed by atoms with Gasteiger partial charge in [-0.25, -0.2) is 0 Å². The van der Waals surface area contributed by atoms with Gasteiger partial charge in [0.05, 0.1) is 18.6 Å². The molecular formula is C21H34O3. The molecule has 3 nitrogen and oxygen atoms in total. The number of rotatable bonds is 14. The first kappa shape index (κ1) is 20.7. The van der Waals surface area contributed by atoms with E-state index in [0.29, 0.717) is 6.61 Å². The summed E-state index contributed by atoms with van der Waals surface area (Å²) in [6.45, 7) is 4.83. The normalized spacial score (nSPS) is 13.6. The smallest absolute Gasteiger partial charge is 0.309 e. The van der Waals surface area contributed by atoms with E-state index in [4.69, 9.17) is 4.74 Å². The molecule has 1 rings (SSSR count). The lowest BCUT2D eigenvalue weighted by atomic mass is 9.91. The van der Waals surface area contributed by atoms with Crippen molar-refractivity contribution in [1.82, 2.24) is 0 Å². The van der Waals surface area contributed by atoms with Crippen LogP contribution in [-0.2, 0) is 16.1 Å². The van der Waals surface area contributed by atoms with Crippen LogP contribution < -0.4 is 0 Å². The van der Waals surface area contributed by atoms with Crippen LogP contribution in [0.1, 0.15) is 77.2 Å². The number of carboxylic acids is 1. The second-order valence-corrected chi connectivity index (χ2v) is 6.62. The van der Waals surface area contributed by atoms with E-state index in [1.165, 1.54) is 12.8 Å². The summed E-state index contributed by atoms with van der Waals surface area (Å²) >= 11 is 0. The first-order chi connectivity index (χ1) is 11.7. The maximum absolute atomic E-state index is 11.8. The molecule has 0 aliphatic carbocycles. The van der Waals surface area contributed by atoms with Crippen LogP contribution in [0.4, 0.5) is 0 Å². The van der Waals surface area contributed by atoms with E-state index in [2.05, 4.69) is 13.8 Å². The molecule has 136 valence electrons. The van der Waals surface area contributed by atoms with E-state index in [1.54, 1.807) is 0 Å². The highest BCUT2D eigenvalue weighted by Crippen LogP contribution is 2.23. The van der Waals surface area contributed by atoms with Crippen LogP contribution in [-0.4, -0.2) is 17.2 Å². The Morgan fingerprint density at radius 3 is 2.21 bits per heavy atom. The third-order valence-electron chi connectivity index (χ3n) is 4.53. The Morgan fingerprint density at radius 1 is 0.958 bits per heavy atom. The minimum atomic E-state index is -0.709. The van der Waals surface area contributed by atoms with Crippen LogP contribution in [0.25, 0.3) is 0 Å². The van der Waals surface area contributed by atoms with E-state index in [-0.39, 0.29) is 12.0 Å². The molecule has 0 unspecified atom stereocenters. The Kier molecular flexibility index (Phi) is 11.2. The zero-order valence-electron chi connectivity index (χ0n) is 15.4. The highest BCUT2D eigenvalue weighted by molar-refractivity contribution is 5.70. The van der Waals surface area contributed by atoms with Gasteiger partial charge in [0.2, 0.25) is 0 Å². The lowest BCUT2D eigenvalue weighted by Crippen LogP contribution is -2.31. The minimum Gasteiger partial charge on any atom is -0.481 e. The number of carbonyl (C=O) groups is 1. The molecule has 0 saturated heterocycles. The summed E-state index contributed by atoms with van der Waals surface area (Å²) < 4.78 is 6.08. The van der Waals surface area contributed by atoms with Crippen molar-refractivity contribution >= 4 is 5.97 Å². The van der Waals surface area contributed by atoms with Crippen molar-refractivity contribution < 1.29 is 14.6 Å². The molecule has 1 aromatic carbocycles. The number of carboxylic acid groups (broad SMARTS) is 1. The molecule has 1 aromatic rings. The quantitative estimate of drug-likeness (QED) is 0.436. The maximum atomic E-state index is 11.8. The summed E-state index contributed by atoms with van der Waals surface area (Å²) in [4.78, 5) is 11.8. The first-order valence-corrected chi connectivity index (χ1v) is 9.57. The molecule has 1 N–H and O–H groups in total. The second kappa shape index (κ2) is 13.0. The topological polar surface area (TPSA) is 46.5 Å². The molecule has 24 heavy (non-hydrogen) atoms. The summed E-state index contributed by atoms with van der Waals surface area (Å²) in [7, 11) is 0. The molecule has 0 spiro atoms. The lowest BCUT2D eigenvalue weighted by Gasteiger charge is -2.25. The van der Waals surface area contributed by atoms with E-state index in [9.17, 15) is 9.90 Å². The highest BCUT2D eigenvalue weighted by atomic mass is 16.5. The maximum Gasteiger partial charge on any atom is 0.309 e. The van der Waals surface area contributed by atoms with E-state index in [0.717, 1.165) is 50.5 Å². The predicted molar refractivity (Wildman–Crippen MR) is 99.0 cm³/mol. The molecule has 2 atom stereocenters. The van der Waals surface area contributed by atoms with Gasteiger partial charge in [-0.05, 0) is 18.4 Å². The lowest BCUT2D eigenvalue weighted by molar-refractivity contribution is -0.149. The molecule has 0 radical (unpaired) electrons. The zero-order chi connectivity index (χ0) is 17.6. The van der Waals surface area contributed by atoms with Crippen molar-refractivity contribution in [3.05, 3.63) is 35.9 Å². The van der Waals surface area contributed by atoms with Gasteiger partial charge in [0.15, 0.2) is 0 Å². The van der Waals surface area contributed by atoms with Crippen molar-refractivity contribution in [2.24, 2.45) is 5.92 Å². The minimum absolute atomic E-state index is 0.184. The van der Waals surface area contributed by atoms with Crippen LogP contribution >= 0.6 is 0 Å². The molecule has 0 aliphatic heterocycles. The summed E-state index contributed by atoms with van der Waals surface area (Å²) in [5.74, 6) is -1.10. The fourth-order valence-corrected chi connectivity index (χ4v) is 3.03. The van der Waals surface area contributed by atoms with Crippen LogP contribution in [0.3, 0.4) is 0 Å². The number of hydrogen-bond donors (Lipinski definition) is 1. The molecule has 0 aliphatic rings. The number of ether oxygens (including phenoxy) is 1. The number of aliphatic carboxylic acids is 1. The van der Waals surface area contributed by atoms with Crippen molar-refractivity contribution in [3.8, 4) is 0 Å². The van der Waals surface area contributed by atoms with Gasteiger partial charge in [0.25, 0.3) is 0 Å². The van der Waals surface area contributed by atoms with Gasteiger partial charge in [0.1, 0.15) is 0 Å². The van der Waals surface area contributed by atoms with Crippen molar-refractivity contribution in [2.45, 2.75) is 84.3 Å². The summed E-state index contributed by atoms with van der Waals surface area (Å²) in [6.07, 6.45) is 9.14. The van der Waals surface area contributed by atoms with Crippen molar-refractivity contribution in [1.29, 1.82) is 0 Å². The zero-order valence-corrected chi connectivity index (χ0v) is 15.4. The van der Waals surface area contributed by atoms with Gasteiger partial charge in [-0.1, -0.05) is 89.1 Å². The molecule has 0 aromatic heterocycles. The van der Waals surface area contributed by atoms with Crippen LogP contribution in [0, 0.1) is 5.92 Å². The molecule has 0 amide bonds. The summed E-state index contributed by atoms with van der Waals surface area (Å²) in [5, 5.41) is 9.66. The monoisotopic (exact) mass is 334 g/mol. The fourth-order valence-electron chi connectivity index (χ4n) is 3.03. The Bertz CT molecular complexity index is 430. The average Bonchev–Trinajstić information content (AvgIpc) is 2.59. The van der Waals surface area contributed by atoms with Gasteiger partial charge >= 0.3 is 5.97 Å². The van der Waals surface area contributed by atoms with Gasteiger partial charge < -0.3 is 9.84 Å². The largest absolute Gasteiger partial charge is 0.481 e. The predicted octanol–water partition coefficient (Wildman–Crippen LogP) is 5.82. The first-order valence-electron chi connectivity index (χ1n) is 9.57. The number of unbranched alkanes of at least 4 members (excludes halogenated alkanes) is 5. The number of benzene rings is 1. The van der Waals surface area contributed by atoms with Crippen LogP contribution in [0.15, 0.2) is 30.3 Å². The third-order valence-corrected chi connectivity index (χ3v) is 4.53. The molecular weight excluding hydrogens is 300 g/mol. The molecule has 0 heterocycles. The van der Waals surface area contributed by atoms with E-state index < -0.39 is 5.97 Å². The Hall–Kier alpha value is -1.35. The molecule has 0 saturated carbocycles. The third kappa shape index (κ3) is 8.49. The highest BCUT2D eigenvalue weighted by Gasteiger charge is 2.28. The van der Waals surface area contributed by atoms with Gasteiger partial charge in [-0.15, -0.1) is 0 Å². The Balaban J connectivity index is 2.63. The van der Waals surface area contributed by atoms with E-state index in [1.807, 2.05) is 30.3 Å². The van der Waals surface area contributed by atoms with Gasteiger partial charge in [0, 0.05) is 0 Å². The SMILES string of the molecule is CCCCCC[C@@H](OCc1ccccc1)[C@H](CCCCC)C(=O)O. The van der Waals surface area contributed by atoms with Crippen LogP contribution in [0.5, 0.6) is 0 Å². The fraction of sp³-hybridized carbons (Fsp3) is 0.667. The number of hydrogen-bond acceptors (Lipinski definition) is 2. The molecule has 3 heteroatoms. The van der Waals surface area contributed by atoms with Crippen molar-refractivity contribution in [3.63, 3.8) is 0 Å². The Labute approximate surface area is 147 Å². The summed E-state index contributed by atoms with van der Waals surface area (Å²) in [6, 6.07) is 10.0. The average molecular weight is 335 g/mol. The van der Waals surface area contributed by atoms with Crippen molar-refractivity contribution in [2.75, 3.05) is 0 Å². The standard InChI is InChI=1S/C21H34O3/c1-3-5-7-12-16-20(19(21(22)23)15-9-6-4-2)24-17-18-13-10-8-11-14-18/h8,10-11,13-14,19-20H,3-7,9,12,15-17H2,1-2H3,(H,22,23)/t19-,20+/m0/s1. The Morgan fingerprint density at radius 2 is 1.58 bits per heavy atom. The summed E-state index contributed by atoms with van der Waals surface area (Å²) in [5.41, 5.74) is 1.11.